The maximum absolute atomic E-state index is 14.6. The Hall–Kier alpha value is -3.12. The number of benzene rings is 2. The van der Waals surface area contributed by atoms with Gasteiger partial charge in [-0.15, -0.1) is 0 Å². The third-order valence-electron chi connectivity index (χ3n) is 5.47. The number of carbonyl (C=O) groups excluding carboxylic acids is 1. The summed E-state index contributed by atoms with van der Waals surface area (Å²) in [4.78, 5) is 26.9. The van der Waals surface area contributed by atoms with E-state index in [1.54, 1.807) is 24.3 Å². The molecule has 2 aliphatic rings. The van der Waals surface area contributed by atoms with Gasteiger partial charge in [0.15, 0.2) is 5.78 Å². The molecule has 6 heteroatoms. The molecular formula is C22H19FN4O. The Bertz CT molecular complexity index is 1090. The number of halogens is 1. The average molecular weight is 374 g/mol. The topological polar surface area (TPSA) is 49.3 Å². The Morgan fingerprint density at radius 2 is 1.39 bits per heavy atom. The highest BCUT2D eigenvalue weighted by atomic mass is 19.1. The first-order valence-electron chi connectivity index (χ1n) is 9.38. The van der Waals surface area contributed by atoms with Crippen LogP contribution >= 0.6 is 0 Å². The molecule has 1 aromatic heterocycles. The van der Waals surface area contributed by atoms with Gasteiger partial charge in [-0.1, -0.05) is 36.4 Å². The van der Waals surface area contributed by atoms with E-state index in [0.717, 1.165) is 31.7 Å². The standard InChI is InChI=1S/C22H19FN4O/c1-26-10-12-27(13-11-26)22-24-19-14-6-2-3-7-15(14)21(28)18(19)20(25-22)16-8-4-5-9-17(16)23/h2-9H,10-13H2,1H3. The zero-order valence-corrected chi connectivity index (χ0v) is 15.5. The molecule has 0 atom stereocenters. The number of aromatic nitrogens is 2. The van der Waals surface area contributed by atoms with Crippen LogP contribution in [0.1, 0.15) is 15.9 Å². The van der Waals surface area contributed by atoms with Gasteiger partial charge in [0.05, 0.1) is 17.0 Å². The highest BCUT2D eigenvalue weighted by Crippen LogP contribution is 2.41. The quantitative estimate of drug-likeness (QED) is 0.539. The third-order valence-corrected chi connectivity index (χ3v) is 5.47. The fraction of sp³-hybridized carbons (Fsp3) is 0.227. The largest absolute Gasteiger partial charge is 0.338 e. The molecule has 28 heavy (non-hydrogen) atoms. The third kappa shape index (κ3) is 2.60. The van der Waals surface area contributed by atoms with Crippen LogP contribution in [0.2, 0.25) is 0 Å². The summed E-state index contributed by atoms with van der Waals surface area (Å²) in [6.07, 6.45) is 0. The predicted molar refractivity (Wildman–Crippen MR) is 106 cm³/mol. The molecule has 2 aromatic carbocycles. The lowest BCUT2D eigenvalue weighted by molar-refractivity contribution is 0.104. The van der Waals surface area contributed by atoms with Crippen molar-refractivity contribution in [3.05, 3.63) is 65.5 Å². The normalized spacial score (nSPS) is 16.2. The van der Waals surface area contributed by atoms with Gasteiger partial charge in [0.1, 0.15) is 5.82 Å². The van der Waals surface area contributed by atoms with E-state index < -0.39 is 5.82 Å². The van der Waals surface area contributed by atoms with Crippen molar-refractivity contribution >= 4 is 11.7 Å². The molecule has 0 unspecified atom stereocenters. The molecule has 2 heterocycles. The van der Waals surface area contributed by atoms with Gasteiger partial charge >= 0.3 is 0 Å². The van der Waals surface area contributed by atoms with Crippen LogP contribution in [0.5, 0.6) is 0 Å². The van der Waals surface area contributed by atoms with Crippen molar-refractivity contribution in [2.45, 2.75) is 0 Å². The number of hydrogen-bond donors (Lipinski definition) is 0. The van der Waals surface area contributed by atoms with Crippen molar-refractivity contribution < 1.29 is 9.18 Å². The van der Waals surface area contributed by atoms with Gasteiger partial charge in [-0.25, -0.2) is 14.4 Å². The van der Waals surface area contributed by atoms with Crippen LogP contribution < -0.4 is 4.90 Å². The van der Waals surface area contributed by atoms with E-state index in [2.05, 4.69) is 16.8 Å². The minimum Gasteiger partial charge on any atom is -0.338 e. The minimum atomic E-state index is -0.392. The second kappa shape index (κ2) is 6.49. The molecule has 0 saturated carbocycles. The molecule has 0 amide bonds. The maximum Gasteiger partial charge on any atom is 0.226 e. The average Bonchev–Trinajstić information content (AvgIpc) is 3.01. The molecule has 1 fully saturated rings. The number of piperazine rings is 1. The number of carbonyl (C=O) groups is 1. The maximum atomic E-state index is 14.6. The van der Waals surface area contributed by atoms with E-state index in [-0.39, 0.29) is 5.78 Å². The summed E-state index contributed by atoms with van der Waals surface area (Å²) in [6, 6.07) is 13.9. The SMILES string of the molecule is CN1CCN(c2nc(-c3ccccc3F)c3c(n2)-c2ccccc2C3=O)CC1. The molecule has 140 valence electrons. The van der Waals surface area contributed by atoms with Crippen molar-refractivity contribution in [2.24, 2.45) is 0 Å². The Morgan fingerprint density at radius 3 is 2.07 bits per heavy atom. The molecule has 0 spiro atoms. The van der Waals surface area contributed by atoms with E-state index >= 15 is 0 Å². The predicted octanol–water partition coefficient (Wildman–Crippen LogP) is 3.25. The van der Waals surface area contributed by atoms with Gasteiger partial charge in [0.2, 0.25) is 5.95 Å². The number of rotatable bonds is 2. The number of likely N-dealkylation sites (N-methyl/N-ethyl adjacent to an activating group) is 1. The molecule has 0 radical (unpaired) electrons. The van der Waals surface area contributed by atoms with Crippen LogP contribution in [0.3, 0.4) is 0 Å². The Balaban J connectivity index is 1.74. The highest BCUT2D eigenvalue weighted by Gasteiger charge is 2.34. The van der Waals surface area contributed by atoms with Crippen LogP contribution in [0.15, 0.2) is 48.5 Å². The van der Waals surface area contributed by atoms with E-state index in [0.29, 0.717) is 34.0 Å². The fourth-order valence-electron chi connectivity index (χ4n) is 3.88. The van der Waals surface area contributed by atoms with Crippen molar-refractivity contribution in [2.75, 3.05) is 38.1 Å². The van der Waals surface area contributed by atoms with Gasteiger partial charge in [-0.05, 0) is 19.2 Å². The molecule has 5 nitrogen and oxygen atoms in total. The van der Waals surface area contributed by atoms with Crippen LogP contribution in [-0.2, 0) is 0 Å². The Kier molecular flexibility index (Phi) is 3.94. The first kappa shape index (κ1) is 17.0. The molecule has 3 aromatic rings. The van der Waals surface area contributed by atoms with Gasteiger partial charge in [-0.3, -0.25) is 4.79 Å². The Labute approximate surface area is 162 Å². The molecule has 5 rings (SSSR count). The summed E-state index contributed by atoms with van der Waals surface area (Å²) in [7, 11) is 2.08. The second-order valence-electron chi connectivity index (χ2n) is 7.24. The summed E-state index contributed by atoms with van der Waals surface area (Å²) in [5.74, 6) is 0.0138. The van der Waals surface area contributed by atoms with E-state index in [4.69, 9.17) is 9.97 Å². The molecule has 1 saturated heterocycles. The van der Waals surface area contributed by atoms with Crippen molar-refractivity contribution in [1.82, 2.24) is 14.9 Å². The monoisotopic (exact) mass is 374 g/mol. The van der Waals surface area contributed by atoms with Gasteiger partial charge in [-0.2, -0.15) is 0 Å². The summed E-state index contributed by atoms with van der Waals surface area (Å²) >= 11 is 0. The lowest BCUT2D eigenvalue weighted by Gasteiger charge is -2.32. The second-order valence-corrected chi connectivity index (χ2v) is 7.24. The zero-order chi connectivity index (χ0) is 19.3. The van der Waals surface area contributed by atoms with Gasteiger partial charge in [0.25, 0.3) is 0 Å². The molecule has 0 N–H and O–H groups in total. The lowest BCUT2D eigenvalue weighted by Crippen LogP contribution is -2.45. The van der Waals surface area contributed by atoms with E-state index in [1.165, 1.54) is 6.07 Å². The van der Waals surface area contributed by atoms with Gasteiger partial charge < -0.3 is 9.80 Å². The molecule has 1 aliphatic heterocycles. The van der Waals surface area contributed by atoms with Crippen LogP contribution in [0, 0.1) is 5.82 Å². The van der Waals surface area contributed by atoms with E-state index in [9.17, 15) is 9.18 Å². The first-order chi connectivity index (χ1) is 13.6. The van der Waals surface area contributed by atoms with E-state index in [1.807, 2.05) is 18.2 Å². The fourth-order valence-corrected chi connectivity index (χ4v) is 3.88. The van der Waals surface area contributed by atoms with Crippen molar-refractivity contribution in [1.29, 1.82) is 0 Å². The number of ketones is 1. The number of fused-ring (bicyclic) bond motifs is 3. The lowest BCUT2D eigenvalue weighted by atomic mass is 10.0. The van der Waals surface area contributed by atoms with Gasteiger partial charge in [0, 0.05) is 42.9 Å². The summed E-state index contributed by atoms with van der Waals surface area (Å²) in [6.45, 7) is 3.40. The summed E-state index contributed by atoms with van der Waals surface area (Å²) in [5.41, 5.74) is 3.08. The molecule has 1 aliphatic carbocycles. The molecule has 0 bridgehead atoms. The first-order valence-corrected chi connectivity index (χ1v) is 9.38. The number of nitrogens with zero attached hydrogens (tertiary/aromatic N) is 4. The van der Waals surface area contributed by atoms with Crippen LogP contribution in [0.4, 0.5) is 10.3 Å². The highest BCUT2D eigenvalue weighted by molar-refractivity contribution is 6.23. The minimum absolute atomic E-state index is 0.145. The van der Waals surface area contributed by atoms with Crippen molar-refractivity contribution in [3.8, 4) is 22.5 Å². The number of hydrogen-bond acceptors (Lipinski definition) is 5. The summed E-state index contributed by atoms with van der Waals surface area (Å²) in [5, 5.41) is 0. The van der Waals surface area contributed by atoms with Crippen LogP contribution in [0.25, 0.3) is 22.5 Å². The Morgan fingerprint density at radius 1 is 0.821 bits per heavy atom. The zero-order valence-electron chi connectivity index (χ0n) is 15.5. The number of anilines is 1. The smallest absolute Gasteiger partial charge is 0.226 e. The summed E-state index contributed by atoms with van der Waals surface area (Å²) < 4.78 is 14.6. The van der Waals surface area contributed by atoms with Crippen LogP contribution in [-0.4, -0.2) is 53.9 Å². The molecular weight excluding hydrogens is 355 g/mol. The van der Waals surface area contributed by atoms with Crippen molar-refractivity contribution in [3.63, 3.8) is 0 Å².